The Morgan fingerprint density at radius 2 is 2.20 bits per heavy atom. The molecule has 0 N–H and O–H groups in total. The Hall–Kier alpha value is -1.49. The van der Waals surface area contributed by atoms with E-state index in [1.54, 1.807) is 26.2 Å². The average Bonchev–Trinajstić information content (AvgIpc) is 3.18. The second kappa shape index (κ2) is 6.31. The number of ether oxygens (including phenoxy) is 1. The van der Waals surface area contributed by atoms with Crippen LogP contribution in [-0.2, 0) is 9.53 Å². The highest BCUT2D eigenvalue weighted by Crippen LogP contribution is 2.37. The van der Waals surface area contributed by atoms with Gasteiger partial charge in [-0.05, 0) is 25.8 Å². The van der Waals surface area contributed by atoms with Crippen molar-refractivity contribution in [1.82, 2.24) is 9.47 Å². The minimum absolute atomic E-state index is 0.118. The van der Waals surface area contributed by atoms with Gasteiger partial charge in [0.2, 0.25) is 0 Å². The van der Waals surface area contributed by atoms with Crippen LogP contribution in [0.15, 0.2) is 12.3 Å². The Kier molecular flexibility index (Phi) is 4.70. The third kappa shape index (κ3) is 3.54. The van der Waals surface area contributed by atoms with Gasteiger partial charge in [-0.2, -0.15) is 0 Å². The summed E-state index contributed by atoms with van der Waals surface area (Å²) in [4.78, 5) is 25.2. The van der Waals surface area contributed by atoms with Crippen molar-refractivity contribution in [3.05, 3.63) is 23.0 Å². The van der Waals surface area contributed by atoms with Crippen LogP contribution in [0.3, 0.4) is 0 Å². The number of rotatable bonds is 6. The van der Waals surface area contributed by atoms with Gasteiger partial charge in [0.1, 0.15) is 5.69 Å². The summed E-state index contributed by atoms with van der Waals surface area (Å²) in [5.74, 6) is -0.407. The van der Waals surface area contributed by atoms with E-state index in [-0.39, 0.29) is 18.3 Å². The van der Waals surface area contributed by atoms with Crippen LogP contribution in [0.1, 0.15) is 42.7 Å². The topological polar surface area (TPSA) is 51.5 Å². The van der Waals surface area contributed by atoms with Crippen LogP contribution in [-0.4, -0.2) is 41.5 Å². The maximum absolute atomic E-state index is 12.4. The zero-order valence-electron chi connectivity index (χ0n) is 11.8. The first-order chi connectivity index (χ1) is 9.52. The van der Waals surface area contributed by atoms with Gasteiger partial charge >= 0.3 is 5.97 Å². The highest BCUT2D eigenvalue weighted by Gasteiger charge is 2.28. The van der Waals surface area contributed by atoms with E-state index >= 15 is 0 Å². The molecule has 2 rings (SSSR count). The lowest BCUT2D eigenvalue weighted by Gasteiger charge is -2.17. The fourth-order valence-electron chi connectivity index (χ4n) is 2.06. The normalized spacial score (nSPS) is 14.2. The predicted molar refractivity (Wildman–Crippen MR) is 75.9 cm³/mol. The number of hydrogen-bond donors (Lipinski definition) is 0. The van der Waals surface area contributed by atoms with E-state index in [4.69, 9.17) is 16.3 Å². The van der Waals surface area contributed by atoms with E-state index in [1.165, 1.54) is 4.90 Å². The standard InChI is InChI=1S/C14H19ClN2O3/c1-3-20-13(18)6-7-16(2)14(19)12-8-10(15)9-17(12)11-4-5-11/h8-9,11H,3-7H2,1-2H3. The van der Waals surface area contributed by atoms with Crippen molar-refractivity contribution in [2.75, 3.05) is 20.2 Å². The molecule has 0 aliphatic heterocycles. The third-order valence-corrected chi connectivity index (χ3v) is 3.48. The summed E-state index contributed by atoms with van der Waals surface area (Å²) in [6.07, 6.45) is 4.16. The molecular weight excluding hydrogens is 280 g/mol. The molecule has 6 heteroatoms. The third-order valence-electron chi connectivity index (χ3n) is 3.28. The first-order valence-electron chi connectivity index (χ1n) is 6.81. The second-order valence-corrected chi connectivity index (χ2v) is 5.40. The minimum atomic E-state index is -0.289. The largest absolute Gasteiger partial charge is 0.466 e. The Morgan fingerprint density at radius 1 is 1.50 bits per heavy atom. The van der Waals surface area contributed by atoms with E-state index in [0.717, 1.165) is 12.8 Å². The SMILES string of the molecule is CCOC(=O)CCN(C)C(=O)c1cc(Cl)cn1C1CC1. The van der Waals surface area contributed by atoms with Crippen LogP contribution in [0.25, 0.3) is 0 Å². The van der Waals surface area contributed by atoms with E-state index in [9.17, 15) is 9.59 Å². The lowest BCUT2D eigenvalue weighted by Crippen LogP contribution is -2.30. The number of amides is 1. The Morgan fingerprint density at radius 3 is 2.80 bits per heavy atom. The minimum Gasteiger partial charge on any atom is -0.466 e. The first-order valence-corrected chi connectivity index (χ1v) is 7.19. The summed E-state index contributed by atoms with van der Waals surface area (Å²) in [6.45, 7) is 2.46. The Labute approximate surface area is 123 Å². The molecule has 0 spiro atoms. The first kappa shape index (κ1) is 14.9. The van der Waals surface area contributed by atoms with E-state index in [2.05, 4.69) is 0 Å². The highest BCUT2D eigenvalue weighted by atomic mass is 35.5. The number of halogens is 1. The summed E-state index contributed by atoms with van der Waals surface area (Å²) in [5.41, 5.74) is 0.587. The van der Waals surface area contributed by atoms with E-state index < -0.39 is 0 Å². The van der Waals surface area contributed by atoms with Crippen molar-refractivity contribution in [2.24, 2.45) is 0 Å². The van der Waals surface area contributed by atoms with Crippen LogP contribution >= 0.6 is 11.6 Å². The maximum Gasteiger partial charge on any atom is 0.307 e. The molecule has 0 atom stereocenters. The Balaban J connectivity index is 1.98. The summed E-state index contributed by atoms with van der Waals surface area (Å²) in [5, 5.41) is 0.569. The van der Waals surface area contributed by atoms with Gasteiger partial charge < -0.3 is 14.2 Å². The van der Waals surface area contributed by atoms with Crippen molar-refractivity contribution in [3.8, 4) is 0 Å². The van der Waals surface area contributed by atoms with Crippen molar-refractivity contribution in [3.63, 3.8) is 0 Å². The molecule has 1 amide bonds. The van der Waals surface area contributed by atoms with Crippen LogP contribution < -0.4 is 0 Å². The zero-order chi connectivity index (χ0) is 14.7. The molecule has 1 saturated carbocycles. The van der Waals surface area contributed by atoms with Crippen molar-refractivity contribution >= 4 is 23.5 Å². The summed E-state index contributed by atoms with van der Waals surface area (Å²) in [6, 6.07) is 2.07. The molecule has 5 nitrogen and oxygen atoms in total. The molecule has 1 aliphatic carbocycles. The fourth-order valence-corrected chi connectivity index (χ4v) is 2.27. The van der Waals surface area contributed by atoms with Gasteiger partial charge in [0.15, 0.2) is 0 Å². The molecule has 1 aromatic heterocycles. The second-order valence-electron chi connectivity index (χ2n) is 4.96. The Bertz CT molecular complexity index is 509. The molecule has 1 fully saturated rings. The van der Waals surface area contributed by atoms with Crippen LogP contribution in [0.4, 0.5) is 0 Å². The fraction of sp³-hybridized carbons (Fsp3) is 0.571. The van der Waals surface area contributed by atoms with Crippen LogP contribution in [0.2, 0.25) is 5.02 Å². The lowest BCUT2D eigenvalue weighted by atomic mass is 10.3. The molecule has 0 radical (unpaired) electrons. The van der Waals surface area contributed by atoms with Crippen molar-refractivity contribution < 1.29 is 14.3 Å². The van der Waals surface area contributed by atoms with E-state index in [1.807, 2.05) is 4.57 Å². The molecule has 0 bridgehead atoms. The van der Waals surface area contributed by atoms with Crippen molar-refractivity contribution in [2.45, 2.75) is 32.2 Å². The molecule has 110 valence electrons. The molecule has 1 heterocycles. The molecular formula is C14H19ClN2O3. The van der Waals surface area contributed by atoms with Gasteiger partial charge in [0, 0.05) is 25.8 Å². The van der Waals surface area contributed by atoms with E-state index in [0.29, 0.717) is 29.9 Å². The summed E-state index contributed by atoms with van der Waals surface area (Å²) >= 11 is 5.99. The monoisotopic (exact) mass is 298 g/mol. The molecule has 0 unspecified atom stereocenters. The maximum atomic E-state index is 12.4. The predicted octanol–water partition coefficient (Wildman–Crippen LogP) is 2.50. The number of carbonyl (C=O) groups excluding carboxylic acids is 2. The van der Waals surface area contributed by atoms with Gasteiger partial charge in [0.25, 0.3) is 5.91 Å². The highest BCUT2D eigenvalue weighted by molar-refractivity contribution is 6.31. The number of nitrogens with zero attached hydrogens (tertiary/aromatic N) is 2. The van der Waals surface area contributed by atoms with Crippen molar-refractivity contribution in [1.29, 1.82) is 0 Å². The molecule has 0 saturated heterocycles. The van der Waals surface area contributed by atoms with Gasteiger partial charge in [-0.3, -0.25) is 9.59 Å². The van der Waals surface area contributed by atoms with Gasteiger partial charge in [-0.1, -0.05) is 11.6 Å². The molecule has 1 aromatic rings. The van der Waals surface area contributed by atoms with Gasteiger partial charge in [-0.25, -0.2) is 0 Å². The smallest absolute Gasteiger partial charge is 0.307 e. The number of esters is 1. The zero-order valence-corrected chi connectivity index (χ0v) is 12.5. The van der Waals surface area contributed by atoms with Gasteiger partial charge in [0.05, 0.1) is 18.1 Å². The summed E-state index contributed by atoms with van der Waals surface area (Å²) < 4.78 is 6.79. The van der Waals surface area contributed by atoms with Gasteiger partial charge in [-0.15, -0.1) is 0 Å². The quantitative estimate of drug-likeness (QED) is 0.758. The number of carbonyl (C=O) groups is 2. The molecule has 0 aromatic carbocycles. The average molecular weight is 299 g/mol. The number of hydrogen-bond acceptors (Lipinski definition) is 3. The van der Waals surface area contributed by atoms with Crippen LogP contribution in [0, 0.1) is 0 Å². The lowest BCUT2D eigenvalue weighted by molar-refractivity contribution is -0.143. The summed E-state index contributed by atoms with van der Waals surface area (Å²) in [7, 11) is 1.68. The number of aromatic nitrogens is 1. The molecule has 1 aliphatic rings. The van der Waals surface area contributed by atoms with Crippen LogP contribution in [0.5, 0.6) is 0 Å². The molecule has 20 heavy (non-hydrogen) atoms.